The summed E-state index contributed by atoms with van der Waals surface area (Å²) in [4.78, 5) is 26.7. The topological polar surface area (TPSA) is 109 Å². The minimum atomic E-state index is -3.85. The minimum Gasteiger partial charge on any atom is -0.460 e. The molecule has 0 radical (unpaired) electrons. The van der Waals surface area contributed by atoms with Crippen molar-refractivity contribution >= 4 is 21.9 Å². The van der Waals surface area contributed by atoms with Crippen LogP contribution in [0.3, 0.4) is 0 Å². The maximum atomic E-state index is 12.8. The van der Waals surface area contributed by atoms with Crippen LogP contribution in [0.15, 0.2) is 21.6 Å². The molecule has 0 bridgehead atoms. The van der Waals surface area contributed by atoms with E-state index in [9.17, 15) is 18.0 Å². The van der Waals surface area contributed by atoms with Crippen LogP contribution in [0.1, 0.15) is 62.4 Å². The van der Waals surface area contributed by atoms with Crippen LogP contribution in [0.2, 0.25) is 0 Å². The Morgan fingerprint density at radius 3 is 2.44 bits per heavy atom. The van der Waals surface area contributed by atoms with Crippen molar-refractivity contribution in [2.75, 3.05) is 45.9 Å². The lowest BCUT2D eigenvalue weighted by Crippen LogP contribution is -2.43. The minimum absolute atomic E-state index is 0.000472. The predicted octanol–water partition coefficient (Wildman–Crippen LogP) is 2.24. The molecule has 3 heterocycles. The van der Waals surface area contributed by atoms with E-state index in [0.717, 1.165) is 26.1 Å². The average molecular weight is 470 g/mol. The zero-order valence-corrected chi connectivity index (χ0v) is 19.7. The van der Waals surface area contributed by atoms with Crippen LogP contribution in [-0.2, 0) is 19.6 Å². The Morgan fingerprint density at radius 2 is 1.78 bits per heavy atom. The van der Waals surface area contributed by atoms with Gasteiger partial charge in [0.25, 0.3) is 10.0 Å². The zero-order valence-electron chi connectivity index (χ0n) is 18.9. The molecule has 2 aliphatic rings. The van der Waals surface area contributed by atoms with Crippen LogP contribution in [0.25, 0.3) is 0 Å². The van der Waals surface area contributed by atoms with E-state index >= 15 is 0 Å². The number of hydrogen-bond acceptors (Lipinski definition) is 7. The van der Waals surface area contributed by atoms with Crippen LogP contribution in [-0.4, -0.2) is 75.4 Å². The Morgan fingerprint density at radius 1 is 1.09 bits per heavy atom. The van der Waals surface area contributed by atoms with E-state index in [2.05, 4.69) is 10.2 Å². The summed E-state index contributed by atoms with van der Waals surface area (Å²) in [5.41, 5.74) is 0. The smallest absolute Gasteiger partial charge is 0.374 e. The van der Waals surface area contributed by atoms with Crippen molar-refractivity contribution in [1.82, 2.24) is 14.5 Å². The second-order valence-electron chi connectivity index (χ2n) is 8.42. The van der Waals surface area contributed by atoms with Crippen molar-refractivity contribution in [2.24, 2.45) is 5.92 Å². The number of ether oxygens (including phenoxy) is 1. The molecule has 0 unspecified atom stereocenters. The number of carbonyl (C=O) groups excluding carboxylic acids is 2. The van der Waals surface area contributed by atoms with E-state index in [-0.39, 0.29) is 42.4 Å². The average Bonchev–Trinajstić information content (AvgIpc) is 3.16. The number of nitrogens with one attached hydrogen (secondary N) is 1. The third kappa shape index (κ3) is 6.55. The summed E-state index contributed by atoms with van der Waals surface area (Å²) in [5, 5.41) is 2.74. The Labute approximate surface area is 190 Å². The number of likely N-dealkylation sites (tertiary alicyclic amines) is 1. The molecule has 0 saturated carbocycles. The lowest BCUT2D eigenvalue weighted by molar-refractivity contribution is -0.126. The van der Waals surface area contributed by atoms with Gasteiger partial charge in [0, 0.05) is 25.6 Å². The SMILES string of the molecule is CCOC(=O)c1ccc(S(=O)(=O)N2CCC(C(=O)NCCCN3CCCCCC3)CC2)o1. The molecule has 10 heteroatoms. The fourth-order valence-corrected chi connectivity index (χ4v) is 5.66. The Bertz CT molecular complexity index is 853. The lowest BCUT2D eigenvalue weighted by Gasteiger charge is -2.29. The number of furan rings is 1. The molecule has 1 amide bonds. The van der Waals surface area contributed by atoms with Gasteiger partial charge in [0.15, 0.2) is 0 Å². The first-order chi connectivity index (χ1) is 15.4. The quantitative estimate of drug-likeness (QED) is 0.436. The second-order valence-corrected chi connectivity index (χ2v) is 10.3. The van der Waals surface area contributed by atoms with E-state index in [1.165, 1.54) is 42.1 Å². The monoisotopic (exact) mass is 469 g/mol. The van der Waals surface area contributed by atoms with Crippen molar-refractivity contribution in [2.45, 2.75) is 57.0 Å². The van der Waals surface area contributed by atoms with Gasteiger partial charge in [-0.15, -0.1) is 0 Å². The van der Waals surface area contributed by atoms with Gasteiger partial charge in [-0.1, -0.05) is 12.8 Å². The normalized spacial score (nSPS) is 19.4. The number of sulfonamides is 1. The number of carbonyl (C=O) groups is 2. The van der Waals surface area contributed by atoms with Crippen LogP contribution >= 0.6 is 0 Å². The summed E-state index contributed by atoms with van der Waals surface area (Å²) in [5.74, 6) is -1.02. The number of rotatable bonds is 9. The third-order valence-electron chi connectivity index (χ3n) is 6.13. The largest absolute Gasteiger partial charge is 0.460 e. The zero-order chi connectivity index (χ0) is 23.0. The molecule has 2 aliphatic heterocycles. The van der Waals surface area contributed by atoms with Crippen LogP contribution < -0.4 is 5.32 Å². The predicted molar refractivity (Wildman–Crippen MR) is 119 cm³/mol. The Kier molecular flexibility index (Phi) is 9.12. The molecular weight excluding hydrogens is 434 g/mol. The molecule has 0 spiro atoms. The summed E-state index contributed by atoms with van der Waals surface area (Å²) >= 11 is 0. The maximum absolute atomic E-state index is 12.8. The summed E-state index contributed by atoms with van der Waals surface area (Å²) < 4.78 is 37.0. The van der Waals surface area contributed by atoms with Gasteiger partial charge < -0.3 is 19.4 Å². The first-order valence-electron chi connectivity index (χ1n) is 11.7. The van der Waals surface area contributed by atoms with Crippen molar-refractivity contribution in [3.8, 4) is 0 Å². The molecule has 2 saturated heterocycles. The Balaban J connectivity index is 1.41. The van der Waals surface area contributed by atoms with Gasteiger partial charge in [0.1, 0.15) is 0 Å². The number of hydrogen-bond donors (Lipinski definition) is 1. The molecule has 3 rings (SSSR count). The summed E-state index contributed by atoms with van der Waals surface area (Å²) in [6.45, 7) is 6.28. The Hall–Kier alpha value is -1.91. The van der Waals surface area contributed by atoms with Gasteiger partial charge in [-0.05, 0) is 70.8 Å². The standard InChI is InChI=1S/C22H35N3O6S/c1-2-30-22(27)19-8-9-20(31-19)32(28,29)25-16-10-18(11-17-25)21(26)23-12-7-15-24-13-5-3-4-6-14-24/h8-9,18H,2-7,10-17H2,1H3,(H,23,26). The molecule has 1 aromatic heterocycles. The van der Waals surface area contributed by atoms with Gasteiger partial charge in [0.2, 0.25) is 16.8 Å². The summed E-state index contributed by atoms with van der Waals surface area (Å²) in [7, 11) is -3.85. The first kappa shape index (κ1) is 24.7. The second kappa shape index (κ2) is 11.8. The van der Waals surface area contributed by atoms with Crippen molar-refractivity contribution < 1.29 is 27.2 Å². The number of esters is 1. The van der Waals surface area contributed by atoms with E-state index in [0.29, 0.717) is 19.4 Å². The molecule has 180 valence electrons. The first-order valence-corrected chi connectivity index (χ1v) is 13.1. The van der Waals surface area contributed by atoms with Gasteiger partial charge >= 0.3 is 5.97 Å². The molecule has 1 aromatic rings. The molecule has 0 atom stereocenters. The van der Waals surface area contributed by atoms with Crippen molar-refractivity contribution in [3.63, 3.8) is 0 Å². The number of nitrogens with zero attached hydrogens (tertiary/aromatic N) is 2. The fraction of sp³-hybridized carbons (Fsp3) is 0.727. The van der Waals surface area contributed by atoms with E-state index in [1.54, 1.807) is 6.92 Å². The highest BCUT2D eigenvalue weighted by Gasteiger charge is 2.34. The van der Waals surface area contributed by atoms with Crippen molar-refractivity contribution in [1.29, 1.82) is 0 Å². The van der Waals surface area contributed by atoms with Crippen molar-refractivity contribution in [3.05, 3.63) is 17.9 Å². The van der Waals surface area contributed by atoms with Gasteiger partial charge in [-0.3, -0.25) is 4.79 Å². The molecule has 2 fully saturated rings. The highest BCUT2D eigenvalue weighted by atomic mass is 32.2. The van der Waals surface area contributed by atoms with Gasteiger partial charge in [0.05, 0.1) is 6.61 Å². The molecular formula is C22H35N3O6S. The van der Waals surface area contributed by atoms with Gasteiger partial charge in [-0.2, -0.15) is 4.31 Å². The highest BCUT2D eigenvalue weighted by Crippen LogP contribution is 2.25. The third-order valence-corrected chi connectivity index (χ3v) is 7.90. The van der Waals surface area contributed by atoms with Crippen LogP contribution in [0.4, 0.5) is 0 Å². The molecule has 1 N–H and O–H groups in total. The number of piperidine rings is 1. The van der Waals surface area contributed by atoms with E-state index in [1.807, 2.05) is 0 Å². The summed E-state index contributed by atoms with van der Waals surface area (Å²) in [6.07, 6.45) is 7.00. The molecule has 32 heavy (non-hydrogen) atoms. The van der Waals surface area contributed by atoms with Crippen LogP contribution in [0.5, 0.6) is 0 Å². The summed E-state index contributed by atoms with van der Waals surface area (Å²) in [6, 6.07) is 2.57. The van der Waals surface area contributed by atoms with E-state index in [4.69, 9.17) is 9.15 Å². The van der Waals surface area contributed by atoms with E-state index < -0.39 is 16.0 Å². The van der Waals surface area contributed by atoms with Crippen LogP contribution in [0, 0.1) is 5.92 Å². The van der Waals surface area contributed by atoms with Gasteiger partial charge in [-0.25, -0.2) is 13.2 Å². The lowest BCUT2D eigenvalue weighted by atomic mass is 9.97. The molecule has 0 aromatic carbocycles. The molecule has 9 nitrogen and oxygen atoms in total. The number of amides is 1. The maximum Gasteiger partial charge on any atom is 0.374 e. The highest BCUT2D eigenvalue weighted by molar-refractivity contribution is 7.89. The fourth-order valence-electron chi connectivity index (χ4n) is 4.27. The molecule has 0 aliphatic carbocycles.